The first-order chi connectivity index (χ1) is 12.2. The van der Waals surface area contributed by atoms with E-state index in [1.165, 1.54) is 12.3 Å². The van der Waals surface area contributed by atoms with Crippen molar-refractivity contribution >= 4 is 28.9 Å². The number of amides is 1. The molecule has 0 fully saturated rings. The molecule has 3 rings (SSSR count). The van der Waals surface area contributed by atoms with Crippen LogP contribution in [0.15, 0.2) is 71.4 Å². The van der Waals surface area contributed by atoms with Gasteiger partial charge in [0.1, 0.15) is 12.4 Å². The molecule has 0 aliphatic carbocycles. The monoisotopic (exact) mass is 353 g/mol. The van der Waals surface area contributed by atoms with Gasteiger partial charge in [0.2, 0.25) is 5.76 Å². The molecule has 0 radical (unpaired) electrons. The number of rotatable bonds is 5. The van der Waals surface area contributed by atoms with Crippen molar-refractivity contribution in [1.82, 2.24) is 10.5 Å². The van der Waals surface area contributed by atoms with Crippen LogP contribution in [0.25, 0.3) is 0 Å². The lowest BCUT2D eigenvalue weighted by molar-refractivity contribution is 0.0941. The summed E-state index contributed by atoms with van der Waals surface area (Å²) in [7, 11) is 0. The molecule has 0 atom stereocenters. The molecule has 0 saturated heterocycles. The molecule has 7 heteroatoms. The third-order valence-corrected chi connectivity index (χ3v) is 3.43. The van der Waals surface area contributed by atoms with Gasteiger partial charge in [-0.2, -0.15) is 0 Å². The van der Waals surface area contributed by atoms with E-state index in [4.69, 9.17) is 21.5 Å². The highest BCUT2D eigenvalue weighted by molar-refractivity contribution is 7.80. The van der Waals surface area contributed by atoms with Crippen LogP contribution in [0.3, 0.4) is 0 Å². The van der Waals surface area contributed by atoms with Crippen LogP contribution in [0.2, 0.25) is 0 Å². The van der Waals surface area contributed by atoms with E-state index in [0.717, 1.165) is 5.56 Å². The van der Waals surface area contributed by atoms with E-state index in [2.05, 4.69) is 15.8 Å². The molecule has 0 spiro atoms. The van der Waals surface area contributed by atoms with Crippen molar-refractivity contribution in [3.63, 3.8) is 0 Å². The number of carbonyl (C=O) groups is 1. The summed E-state index contributed by atoms with van der Waals surface area (Å²) < 4.78 is 10.5. The molecule has 1 amide bonds. The normalized spacial score (nSPS) is 10.1. The smallest absolute Gasteiger partial charge is 0.296 e. The van der Waals surface area contributed by atoms with Crippen molar-refractivity contribution in [3.05, 3.63) is 78.2 Å². The standard InChI is InChI=1S/C18H15N3O3S/c22-17(16-9-10-19-24-16)21-18(25)20-14-7-4-8-15(11-14)23-12-13-5-2-1-3-6-13/h1-11H,12H2,(H2,20,21,22,25). The zero-order valence-corrected chi connectivity index (χ0v) is 14.0. The van der Waals surface area contributed by atoms with Crippen LogP contribution < -0.4 is 15.4 Å². The van der Waals surface area contributed by atoms with Crippen LogP contribution in [0.1, 0.15) is 16.1 Å². The third-order valence-electron chi connectivity index (χ3n) is 3.23. The van der Waals surface area contributed by atoms with E-state index in [0.29, 0.717) is 18.0 Å². The molecule has 126 valence electrons. The lowest BCUT2D eigenvalue weighted by Crippen LogP contribution is -2.33. The Morgan fingerprint density at radius 1 is 1.12 bits per heavy atom. The lowest BCUT2D eigenvalue weighted by Gasteiger charge is -2.11. The van der Waals surface area contributed by atoms with Gasteiger partial charge in [0.25, 0.3) is 5.91 Å². The number of carbonyl (C=O) groups excluding carboxylic acids is 1. The zero-order valence-electron chi connectivity index (χ0n) is 13.1. The number of anilines is 1. The second kappa shape index (κ2) is 8.07. The van der Waals surface area contributed by atoms with Crippen LogP contribution in [0, 0.1) is 0 Å². The fourth-order valence-corrected chi connectivity index (χ4v) is 2.28. The molecule has 2 aromatic carbocycles. The van der Waals surface area contributed by atoms with E-state index in [1.807, 2.05) is 48.5 Å². The molecule has 1 aromatic heterocycles. The molecule has 0 bridgehead atoms. The Hall–Kier alpha value is -3.19. The first kappa shape index (κ1) is 16.7. The maximum Gasteiger partial charge on any atom is 0.296 e. The summed E-state index contributed by atoms with van der Waals surface area (Å²) in [6, 6.07) is 18.6. The average molecular weight is 353 g/mol. The molecule has 25 heavy (non-hydrogen) atoms. The Kier molecular flexibility index (Phi) is 5.38. The van der Waals surface area contributed by atoms with Gasteiger partial charge in [0.05, 0.1) is 6.20 Å². The molecule has 6 nitrogen and oxygen atoms in total. The maximum atomic E-state index is 11.8. The van der Waals surface area contributed by atoms with Gasteiger partial charge in [-0.3, -0.25) is 10.1 Å². The van der Waals surface area contributed by atoms with Crippen molar-refractivity contribution in [1.29, 1.82) is 0 Å². The fourth-order valence-electron chi connectivity index (χ4n) is 2.06. The molecule has 0 aliphatic rings. The molecule has 2 N–H and O–H groups in total. The quantitative estimate of drug-likeness (QED) is 0.685. The zero-order chi connectivity index (χ0) is 17.5. The first-order valence-corrected chi connectivity index (χ1v) is 7.91. The van der Waals surface area contributed by atoms with E-state index in [1.54, 1.807) is 6.07 Å². The van der Waals surface area contributed by atoms with Crippen molar-refractivity contribution in [2.24, 2.45) is 0 Å². The second-order valence-electron chi connectivity index (χ2n) is 5.09. The second-order valence-corrected chi connectivity index (χ2v) is 5.50. The van der Waals surface area contributed by atoms with Gasteiger partial charge in [0.15, 0.2) is 5.11 Å². The fraction of sp³-hybridized carbons (Fsp3) is 0.0556. The number of benzene rings is 2. The summed E-state index contributed by atoms with van der Waals surface area (Å²) in [4.78, 5) is 11.8. The van der Waals surface area contributed by atoms with Gasteiger partial charge in [-0.1, -0.05) is 41.6 Å². The highest BCUT2D eigenvalue weighted by Crippen LogP contribution is 2.18. The number of hydrogen-bond donors (Lipinski definition) is 2. The molecule has 0 unspecified atom stereocenters. The Bertz CT molecular complexity index is 851. The molecular weight excluding hydrogens is 338 g/mol. The van der Waals surface area contributed by atoms with Gasteiger partial charge in [0, 0.05) is 17.8 Å². The van der Waals surface area contributed by atoms with E-state index < -0.39 is 5.91 Å². The highest BCUT2D eigenvalue weighted by Gasteiger charge is 2.11. The molecule has 1 heterocycles. The summed E-state index contributed by atoms with van der Waals surface area (Å²) in [5.41, 5.74) is 1.78. The highest BCUT2D eigenvalue weighted by atomic mass is 32.1. The minimum atomic E-state index is -0.466. The summed E-state index contributed by atoms with van der Waals surface area (Å²) >= 11 is 5.12. The Labute approximate surface area is 149 Å². The average Bonchev–Trinajstić information content (AvgIpc) is 3.16. The van der Waals surface area contributed by atoms with Crippen LogP contribution in [-0.2, 0) is 6.61 Å². The van der Waals surface area contributed by atoms with E-state index in [-0.39, 0.29) is 10.9 Å². The van der Waals surface area contributed by atoms with Crippen LogP contribution in [-0.4, -0.2) is 16.2 Å². The predicted molar refractivity (Wildman–Crippen MR) is 97.4 cm³/mol. The van der Waals surface area contributed by atoms with Gasteiger partial charge in [-0.05, 0) is 29.9 Å². The molecule has 0 aliphatic heterocycles. The van der Waals surface area contributed by atoms with E-state index in [9.17, 15) is 4.79 Å². The SMILES string of the molecule is O=C(NC(=S)Nc1cccc(OCc2ccccc2)c1)c1ccno1. The number of nitrogens with one attached hydrogen (secondary N) is 2. The number of ether oxygens (including phenoxy) is 1. The lowest BCUT2D eigenvalue weighted by atomic mass is 10.2. The van der Waals surface area contributed by atoms with Crippen LogP contribution >= 0.6 is 12.2 Å². The van der Waals surface area contributed by atoms with Gasteiger partial charge >= 0.3 is 0 Å². The van der Waals surface area contributed by atoms with Crippen LogP contribution in [0.5, 0.6) is 5.75 Å². The number of aromatic nitrogens is 1. The van der Waals surface area contributed by atoms with Crippen LogP contribution in [0.4, 0.5) is 5.69 Å². The third kappa shape index (κ3) is 4.89. The Morgan fingerprint density at radius 2 is 1.96 bits per heavy atom. The van der Waals surface area contributed by atoms with Crippen molar-refractivity contribution in [3.8, 4) is 5.75 Å². The van der Waals surface area contributed by atoms with Gasteiger partial charge < -0.3 is 14.6 Å². The molecule has 3 aromatic rings. The first-order valence-electron chi connectivity index (χ1n) is 7.50. The van der Waals surface area contributed by atoms with Crippen molar-refractivity contribution < 1.29 is 14.1 Å². The van der Waals surface area contributed by atoms with E-state index >= 15 is 0 Å². The number of thiocarbonyl (C=S) groups is 1. The minimum absolute atomic E-state index is 0.0871. The topological polar surface area (TPSA) is 76.4 Å². The Morgan fingerprint density at radius 3 is 2.72 bits per heavy atom. The summed E-state index contributed by atoms with van der Waals surface area (Å²) in [6.45, 7) is 0.469. The van der Waals surface area contributed by atoms with Gasteiger partial charge in [-0.25, -0.2) is 0 Å². The largest absolute Gasteiger partial charge is 0.489 e. The minimum Gasteiger partial charge on any atom is -0.489 e. The maximum absolute atomic E-state index is 11.8. The predicted octanol–water partition coefficient (Wildman–Crippen LogP) is 3.38. The number of hydrogen-bond acceptors (Lipinski definition) is 5. The van der Waals surface area contributed by atoms with Crippen molar-refractivity contribution in [2.45, 2.75) is 6.61 Å². The summed E-state index contributed by atoms with van der Waals surface area (Å²) in [6.07, 6.45) is 1.39. The molecular formula is C18H15N3O3S. The number of nitrogens with zero attached hydrogens (tertiary/aromatic N) is 1. The molecule has 0 saturated carbocycles. The summed E-state index contributed by atoms with van der Waals surface area (Å²) in [5, 5.41) is 9.08. The van der Waals surface area contributed by atoms with Gasteiger partial charge in [-0.15, -0.1) is 0 Å². The Balaban J connectivity index is 1.56. The van der Waals surface area contributed by atoms with Crippen molar-refractivity contribution in [2.75, 3.05) is 5.32 Å². The summed E-state index contributed by atoms with van der Waals surface area (Å²) in [5.74, 6) is 0.314.